The van der Waals surface area contributed by atoms with Gasteiger partial charge in [0.25, 0.3) is 5.69 Å². The zero-order valence-corrected chi connectivity index (χ0v) is 14.6. The summed E-state index contributed by atoms with van der Waals surface area (Å²) in [6.45, 7) is 5.61. The number of carbonyl (C=O) groups is 2. The molecule has 0 N–H and O–H groups in total. The van der Waals surface area contributed by atoms with Crippen LogP contribution in [0.2, 0.25) is 0 Å². The molecule has 0 saturated heterocycles. The zero-order valence-electron chi connectivity index (χ0n) is 14.6. The van der Waals surface area contributed by atoms with Gasteiger partial charge >= 0.3 is 12.1 Å². The van der Waals surface area contributed by atoms with Crippen molar-refractivity contribution in [3.8, 4) is 5.75 Å². The van der Waals surface area contributed by atoms with Crippen LogP contribution in [0.3, 0.4) is 0 Å². The molecule has 8 heteroatoms. The fourth-order valence-corrected chi connectivity index (χ4v) is 1.86. The molecule has 1 rings (SSSR count). The molecule has 0 heterocycles. The fraction of sp³-hybridized carbons (Fsp3) is 0.529. The van der Waals surface area contributed by atoms with Crippen LogP contribution in [0.15, 0.2) is 24.3 Å². The van der Waals surface area contributed by atoms with Crippen LogP contribution in [-0.2, 0) is 14.3 Å². The number of non-ortho nitro benzene ring substituents is 1. The van der Waals surface area contributed by atoms with E-state index in [0.717, 1.165) is 0 Å². The molecular formula is C17H23NO7. The summed E-state index contributed by atoms with van der Waals surface area (Å²) in [6, 6.07) is 5.11. The predicted octanol–water partition coefficient (Wildman–Crippen LogP) is 4.01. The molecule has 0 atom stereocenters. The lowest BCUT2D eigenvalue weighted by molar-refractivity contribution is -0.384. The van der Waals surface area contributed by atoms with Gasteiger partial charge in [0.05, 0.1) is 11.5 Å². The third kappa shape index (κ3) is 9.29. The van der Waals surface area contributed by atoms with E-state index in [1.165, 1.54) is 24.3 Å². The summed E-state index contributed by atoms with van der Waals surface area (Å²) in [7, 11) is 0. The van der Waals surface area contributed by atoms with Crippen LogP contribution in [0, 0.1) is 10.1 Å². The third-order valence-electron chi connectivity index (χ3n) is 2.91. The molecule has 0 aliphatic carbocycles. The zero-order chi connectivity index (χ0) is 18.9. The first kappa shape index (κ1) is 20.4. The van der Waals surface area contributed by atoms with Crippen LogP contribution in [0.25, 0.3) is 0 Å². The summed E-state index contributed by atoms with van der Waals surface area (Å²) >= 11 is 0. The Morgan fingerprint density at radius 2 is 1.72 bits per heavy atom. The number of carbonyl (C=O) groups excluding carboxylic acids is 2. The molecule has 0 bridgehead atoms. The van der Waals surface area contributed by atoms with Gasteiger partial charge in [-0.2, -0.15) is 0 Å². The van der Waals surface area contributed by atoms with Crippen LogP contribution in [0.5, 0.6) is 5.75 Å². The van der Waals surface area contributed by atoms with E-state index in [4.69, 9.17) is 14.2 Å². The smallest absolute Gasteiger partial charge is 0.460 e. The first-order chi connectivity index (χ1) is 11.7. The molecular weight excluding hydrogens is 330 g/mol. The van der Waals surface area contributed by atoms with E-state index in [-0.39, 0.29) is 24.0 Å². The maximum atomic E-state index is 11.5. The van der Waals surface area contributed by atoms with Crippen LogP contribution < -0.4 is 4.74 Å². The van der Waals surface area contributed by atoms with E-state index >= 15 is 0 Å². The number of nitrogens with zero attached hydrogens (tertiary/aromatic N) is 1. The highest BCUT2D eigenvalue weighted by Gasteiger charge is 2.15. The number of nitro benzene ring substituents is 1. The Morgan fingerprint density at radius 1 is 1.08 bits per heavy atom. The monoisotopic (exact) mass is 353 g/mol. The minimum atomic E-state index is -0.874. The first-order valence-electron chi connectivity index (χ1n) is 7.98. The number of benzene rings is 1. The summed E-state index contributed by atoms with van der Waals surface area (Å²) in [4.78, 5) is 32.9. The summed E-state index contributed by atoms with van der Waals surface area (Å²) in [5, 5.41) is 10.5. The molecule has 138 valence electrons. The lowest BCUT2D eigenvalue weighted by Gasteiger charge is -2.19. The Bertz CT molecular complexity index is 590. The van der Waals surface area contributed by atoms with E-state index in [1.807, 2.05) is 20.8 Å². The number of unbranched alkanes of at least 4 members (excludes halogenated alkanes) is 2. The van der Waals surface area contributed by atoms with E-state index < -0.39 is 16.7 Å². The summed E-state index contributed by atoms with van der Waals surface area (Å²) in [6.07, 6.45) is 1.41. The Balaban J connectivity index is 2.14. The Morgan fingerprint density at radius 3 is 2.28 bits per heavy atom. The summed E-state index contributed by atoms with van der Waals surface area (Å²) in [5.74, 6) is -0.0773. The molecule has 0 aliphatic heterocycles. The minimum absolute atomic E-state index is 0.0919. The van der Waals surface area contributed by atoms with Crippen molar-refractivity contribution >= 4 is 17.8 Å². The van der Waals surface area contributed by atoms with E-state index in [0.29, 0.717) is 25.7 Å². The molecule has 0 aromatic heterocycles. The highest BCUT2D eigenvalue weighted by atomic mass is 16.7. The average molecular weight is 353 g/mol. The fourth-order valence-electron chi connectivity index (χ4n) is 1.86. The van der Waals surface area contributed by atoms with Crippen molar-refractivity contribution in [2.45, 2.75) is 52.1 Å². The second-order valence-corrected chi connectivity index (χ2v) is 6.35. The maximum Gasteiger partial charge on any atom is 0.513 e. The number of esters is 1. The predicted molar refractivity (Wildman–Crippen MR) is 89.4 cm³/mol. The van der Waals surface area contributed by atoms with Crippen LogP contribution in [0.4, 0.5) is 10.5 Å². The molecule has 0 spiro atoms. The molecule has 1 aromatic rings. The molecule has 1 aromatic carbocycles. The highest BCUT2D eigenvalue weighted by molar-refractivity contribution is 5.69. The van der Waals surface area contributed by atoms with Crippen molar-refractivity contribution in [1.29, 1.82) is 0 Å². The highest BCUT2D eigenvalue weighted by Crippen LogP contribution is 2.17. The van der Waals surface area contributed by atoms with Crippen molar-refractivity contribution < 1.29 is 28.7 Å². The van der Waals surface area contributed by atoms with Crippen molar-refractivity contribution in [2.24, 2.45) is 0 Å². The Labute approximate surface area is 146 Å². The van der Waals surface area contributed by atoms with Gasteiger partial charge in [-0.05, 0) is 52.2 Å². The van der Waals surface area contributed by atoms with E-state index in [2.05, 4.69) is 0 Å². The van der Waals surface area contributed by atoms with E-state index in [1.54, 1.807) is 0 Å². The van der Waals surface area contributed by atoms with Gasteiger partial charge < -0.3 is 14.2 Å². The summed E-state index contributed by atoms with van der Waals surface area (Å²) in [5.41, 5.74) is -0.576. The van der Waals surface area contributed by atoms with Crippen LogP contribution in [0.1, 0.15) is 46.5 Å². The first-order valence-corrected chi connectivity index (χ1v) is 7.98. The molecule has 0 radical (unpaired) electrons. The van der Waals surface area contributed by atoms with Gasteiger partial charge in [-0.3, -0.25) is 14.9 Å². The molecule has 0 amide bonds. The Hall–Kier alpha value is -2.64. The lowest BCUT2D eigenvalue weighted by atomic mass is 10.1. The number of hydrogen-bond acceptors (Lipinski definition) is 7. The number of hydrogen-bond donors (Lipinski definition) is 0. The van der Waals surface area contributed by atoms with E-state index in [9.17, 15) is 19.7 Å². The second-order valence-electron chi connectivity index (χ2n) is 6.35. The van der Waals surface area contributed by atoms with Crippen molar-refractivity contribution in [3.05, 3.63) is 34.4 Å². The van der Waals surface area contributed by atoms with Crippen LogP contribution in [-0.4, -0.2) is 29.3 Å². The summed E-state index contributed by atoms with van der Waals surface area (Å²) < 4.78 is 15.0. The van der Waals surface area contributed by atoms with Gasteiger partial charge in [-0.25, -0.2) is 4.79 Å². The third-order valence-corrected chi connectivity index (χ3v) is 2.91. The Kier molecular flexibility index (Phi) is 7.84. The van der Waals surface area contributed by atoms with Gasteiger partial charge in [0.2, 0.25) is 0 Å². The lowest BCUT2D eigenvalue weighted by Crippen LogP contribution is -2.23. The normalized spacial score (nSPS) is 10.8. The quantitative estimate of drug-likeness (QED) is 0.228. The van der Waals surface area contributed by atoms with Gasteiger partial charge in [0.15, 0.2) is 0 Å². The van der Waals surface area contributed by atoms with Gasteiger partial charge in [0.1, 0.15) is 11.4 Å². The molecule has 25 heavy (non-hydrogen) atoms. The van der Waals surface area contributed by atoms with Crippen molar-refractivity contribution in [1.82, 2.24) is 0 Å². The van der Waals surface area contributed by atoms with Gasteiger partial charge in [0, 0.05) is 18.6 Å². The van der Waals surface area contributed by atoms with Gasteiger partial charge in [-0.1, -0.05) is 0 Å². The largest absolute Gasteiger partial charge is 0.513 e. The van der Waals surface area contributed by atoms with Crippen molar-refractivity contribution in [2.75, 3.05) is 6.61 Å². The minimum Gasteiger partial charge on any atom is -0.460 e. The topological polar surface area (TPSA) is 105 Å². The molecule has 0 fully saturated rings. The number of ether oxygens (including phenoxy) is 3. The molecule has 0 aliphatic rings. The molecule has 8 nitrogen and oxygen atoms in total. The SMILES string of the molecule is CC(C)(C)OC(=O)CCCCCOC(=O)Oc1ccc([N+](=O)[O-])cc1. The standard InChI is InChI=1S/C17H23NO7/c1-17(2,3)25-15(19)7-5-4-6-12-23-16(20)24-14-10-8-13(9-11-14)18(21)22/h8-11H,4-7,12H2,1-3H3. The number of rotatable bonds is 8. The maximum absolute atomic E-state index is 11.5. The van der Waals surface area contributed by atoms with Gasteiger partial charge in [-0.15, -0.1) is 0 Å². The molecule has 0 saturated carbocycles. The second kappa shape index (κ2) is 9.61. The number of nitro groups is 1. The van der Waals surface area contributed by atoms with Crippen LogP contribution >= 0.6 is 0 Å². The molecule has 0 unspecified atom stereocenters. The average Bonchev–Trinajstić information content (AvgIpc) is 2.49. The van der Waals surface area contributed by atoms with Crippen molar-refractivity contribution in [3.63, 3.8) is 0 Å².